The number of hydrogen-bond acceptors (Lipinski definition) is 6. The molecule has 0 aromatic carbocycles. The summed E-state index contributed by atoms with van der Waals surface area (Å²) in [6.07, 6.45) is 3.15. The molecule has 1 atom stereocenters. The van der Waals surface area contributed by atoms with Crippen molar-refractivity contribution in [1.82, 2.24) is 5.32 Å². The number of ether oxygens (including phenoxy) is 1. The van der Waals surface area contributed by atoms with Crippen LogP contribution in [0.3, 0.4) is 0 Å². The van der Waals surface area contributed by atoms with E-state index < -0.39 is 0 Å². The van der Waals surface area contributed by atoms with Gasteiger partial charge in [0.25, 0.3) is 0 Å². The predicted molar refractivity (Wildman–Crippen MR) is 72.9 cm³/mol. The summed E-state index contributed by atoms with van der Waals surface area (Å²) in [4.78, 5) is 13.3. The molecule has 0 radical (unpaired) electrons. The lowest BCUT2D eigenvalue weighted by molar-refractivity contribution is -0.121. The average Bonchev–Trinajstić information content (AvgIpc) is 3.07. The molecule has 1 unspecified atom stereocenters. The van der Waals surface area contributed by atoms with Crippen LogP contribution in [-0.2, 0) is 9.53 Å². The molecule has 0 spiro atoms. The minimum Gasteiger partial charge on any atom is -0.463 e. The quantitative estimate of drug-likeness (QED) is 0.874. The molecule has 1 saturated heterocycles. The molecule has 1 aromatic rings. The van der Waals surface area contributed by atoms with Crippen LogP contribution in [0.5, 0.6) is 0 Å². The smallest absolute Gasteiger partial charge is 0.174 e. The number of allylic oxidation sites excluding steroid dienone is 1. The van der Waals surface area contributed by atoms with Gasteiger partial charge >= 0.3 is 0 Å². The number of ketones is 1. The first-order chi connectivity index (χ1) is 9.25. The largest absolute Gasteiger partial charge is 0.463 e. The molecule has 0 bridgehead atoms. The highest BCUT2D eigenvalue weighted by molar-refractivity contribution is 8.05. The van der Waals surface area contributed by atoms with Crippen molar-refractivity contribution in [2.45, 2.75) is 18.3 Å². The third-order valence-electron chi connectivity index (χ3n) is 3.34. The van der Waals surface area contributed by atoms with Gasteiger partial charge in [0.2, 0.25) is 0 Å². The number of nitrogens with one attached hydrogen (secondary N) is 1. The summed E-state index contributed by atoms with van der Waals surface area (Å²) in [5.74, 6) is 0.851. The number of carbonyl (C=O) groups is 1. The van der Waals surface area contributed by atoms with Crippen molar-refractivity contribution in [3.05, 3.63) is 29.1 Å². The first kappa shape index (κ1) is 12.8. The Hall–Kier alpha value is -1.24. The Labute approximate surface area is 115 Å². The van der Waals surface area contributed by atoms with Gasteiger partial charge in [-0.15, -0.1) is 0 Å². The molecule has 19 heavy (non-hydrogen) atoms. The van der Waals surface area contributed by atoms with Crippen molar-refractivity contribution in [3.63, 3.8) is 0 Å². The predicted octanol–water partition coefficient (Wildman–Crippen LogP) is 1.52. The van der Waals surface area contributed by atoms with Crippen LogP contribution in [0.4, 0.5) is 0 Å². The van der Waals surface area contributed by atoms with E-state index >= 15 is 0 Å². The molecule has 102 valence electrons. The van der Waals surface area contributed by atoms with Gasteiger partial charge < -0.3 is 20.2 Å². The Kier molecular flexibility index (Phi) is 3.63. The fraction of sp³-hybridized carbons (Fsp3) is 0.462. The summed E-state index contributed by atoms with van der Waals surface area (Å²) >= 11 is 1.37. The van der Waals surface area contributed by atoms with Gasteiger partial charge in [-0.25, -0.2) is 0 Å². The van der Waals surface area contributed by atoms with Gasteiger partial charge in [0, 0.05) is 19.1 Å². The molecule has 2 aliphatic heterocycles. The number of furan rings is 1. The zero-order chi connectivity index (χ0) is 13.2. The van der Waals surface area contributed by atoms with Crippen LogP contribution in [0.25, 0.3) is 5.70 Å². The van der Waals surface area contributed by atoms with Gasteiger partial charge in [-0.05, 0) is 25.0 Å². The Morgan fingerprint density at radius 3 is 2.89 bits per heavy atom. The molecule has 3 heterocycles. The normalized spacial score (nSPS) is 24.6. The van der Waals surface area contributed by atoms with E-state index in [0.717, 1.165) is 18.5 Å². The zero-order valence-electron chi connectivity index (χ0n) is 10.4. The number of hydrogen-bond donors (Lipinski definition) is 2. The average molecular weight is 280 g/mol. The molecular weight excluding hydrogens is 264 g/mol. The molecule has 3 rings (SSSR count). The fourth-order valence-electron chi connectivity index (χ4n) is 2.35. The van der Waals surface area contributed by atoms with Crippen LogP contribution >= 0.6 is 11.8 Å². The highest BCUT2D eigenvalue weighted by atomic mass is 32.2. The molecule has 0 aliphatic carbocycles. The van der Waals surface area contributed by atoms with Crippen molar-refractivity contribution in [2.24, 2.45) is 11.7 Å². The van der Waals surface area contributed by atoms with Gasteiger partial charge in [-0.1, -0.05) is 11.8 Å². The second kappa shape index (κ2) is 5.40. The Morgan fingerprint density at radius 2 is 2.21 bits per heavy atom. The van der Waals surface area contributed by atoms with Gasteiger partial charge in [0.15, 0.2) is 11.5 Å². The molecule has 1 aromatic heterocycles. The summed E-state index contributed by atoms with van der Waals surface area (Å²) in [6, 6.07) is 3.63. The van der Waals surface area contributed by atoms with E-state index in [1.807, 2.05) is 6.07 Å². The minimum absolute atomic E-state index is 0.0355. The molecule has 0 amide bonds. The Morgan fingerprint density at radius 1 is 1.42 bits per heavy atom. The lowest BCUT2D eigenvalue weighted by atomic mass is 9.94. The molecule has 3 N–H and O–H groups in total. The fourth-order valence-corrected chi connectivity index (χ4v) is 3.34. The minimum atomic E-state index is -0.293. The van der Waals surface area contributed by atoms with Crippen LogP contribution in [-0.4, -0.2) is 24.5 Å². The molecular formula is C13H16N2O3S. The number of carbonyl (C=O) groups excluding carboxylic acids is 1. The molecule has 1 fully saturated rings. The van der Waals surface area contributed by atoms with Gasteiger partial charge in [-0.2, -0.15) is 0 Å². The van der Waals surface area contributed by atoms with Crippen LogP contribution in [0.2, 0.25) is 0 Å². The van der Waals surface area contributed by atoms with Crippen molar-refractivity contribution < 1.29 is 13.9 Å². The molecule has 0 saturated carbocycles. The van der Waals surface area contributed by atoms with Crippen LogP contribution < -0.4 is 11.1 Å². The summed E-state index contributed by atoms with van der Waals surface area (Å²) in [6.45, 7) is 1.31. The lowest BCUT2D eigenvalue weighted by Crippen LogP contribution is -2.28. The third-order valence-corrected chi connectivity index (χ3v) is 4.35. The van der Waals surface area contributed by atoms with E-state index in [0.29, 0.717) is 23.9 Å². The first-order valence-corrected chi connectivity index (χ1v) is 7.22. The van der Waals surface area contributed by atoms with E-state index in [1.54, 1.807) is 12.3 Å². The maximum Gasteiger partial charge on any atom is 0.174 e. The summed E-state index contributed by atoms with van der Waals surface area (Å²) in [5, 5.41) is 3.10. The zero-order valence-corrected chi connectivity index (χ0v) is 11.2. The number of thioether (sulfide) groups is 1. The third kappa shape index (κ3) is 2.56. The van der Waals surface area contributed by atoms with Crippen molar-refractivity contribution in [2.75, 3.05) is 13.2 Å². The highest BCUT2D eigenvalue weighted by Gasteiger charge is 2.33. The number of rotatable bonds is 3. The van der Waals surface area contributed by atoms with E-state index in [4.69, 9.17) is 14.9 Å². The van der Waals surface area contributed by atoms with E-state index in [1.165, 1.54) is 11.8 Å². The van der Waals surface area contributed by atoms with E-state index in [2.05, 4.69) is 5.32 Å². The summed E-state index contributed by atoms with van der Waals surface area (Å²) in [5.41, 5.74) is 6.31. The second-order valence-corrected chi connectivity index (χ2v) is 5.77. The van der Waals surface area contributed by atoms with Gasteiger partial charge in [0.05, 0.1) is 16.9 Å². The monoisotopic (exact) mass is 280 g/mol. The van der Waals surface area contributed by atoms with Crippen LogP contribution in [0.1, 0.15) is 18.6 Å². The highest BCUT2D eigenvalue weighted by Crippen LogP contribution is 2.37. The van der Waals surface area contributed by atoms with E-state index in [-0.39, 0.29) is 17.2 Å². The van der Waals surface area contributed by atoms with Crippen LogP contribution in [0.15, 0.2) is 27.7 Å². The molecule has 5 nitrogen and oxygen atoms in total. The van der Waals surface area contributed by atoms with Crippen molar-refractivity contribution in [1.29, 1.82) is 0 Å². The topological polar surface area (TPSA) is 77.5 Å². The Balaban J connectivity index is 1.87. The molecule has 6 heteroatoms. The van der Waals surface area contributed by atoms with E-state index in [9.17, 15) is 4.79 Å². The molecule has 2 aliphatic rings. The second-order valence-electron chi connectivity index (χ2n) is 4.62. The van der Waals surface area contributed by atoms with Crippen molar-refractivity contribution >= 4 is 23.2 Å². The maximum absolute atomic E-state index is 12.6. The summed E-state index contributed by atoms with van der Waals surface area (Å²) < 4.78 is 10.7. The maximum atomic E-state index is 12.6. The van der Waals surface area contributed by atoms with Gasteiger partial charge in [0.1, 0.15) is 5.50 Å². The summed E-state index contributed by atoms with van der Waals surface area (Å²) in [7, 11) is 0. The lowest BCUT2D eigenvalue weighted by Gasteiger charge is -2.21. The van der Waals surface area contributed by atoms with Crippen molar-refractivity contribution in [3.8, 4) is 0 Å². The SMILES string of the molecule is NC1NC(c2ccco2)=C(C(=O)C2CCOCC2)S1. The number of nitrogens with two attached hydrogens (primary N) is 1. The van der Waals surface area contributed by atoms with Gasteiger partial charge in [-0.3, -0.25) is 4.79 Å². The number of Topliss-reactive ketones (excluding diaryl/α,β-unsaturated/α-hetero) is 1. The Bertz CT molecular complexity index is 492. The van der Waals surface area contributed by atoms with Crippen LogP contribution in [0, 0.1) is 5.92 Å². The first-order valence-electron chi connectivity index (χ1n) is 6.34. The standard InChI is InChI=1S/C13H16N2O3S/c14-13-15-10(9-2-1-5-18-9)12(19-13)11(16)8-3-6-17-7-4-8/h1-2,5,8,13,15H,3-4,6-7,14H2.